The van der Waals surface area contributed by atoms with Gasteiger partial charge in [0, 0.05) is 17.1 Å². The minimum atomic E-state index is 0.133. The van der Waals surface area contributed by atoms with E-state index in [4.69, 9.17) is 18.0 Å². The summed E-state index contributed by atoms with van der Waals surface area (Å²) in [5.41, 5.74) is 10.7. The zero-order valence-electron chi connectivity index (χ0n) is 10.4. The zero-order valence-corrected chi connectivity index (χ0v) is 12.0. The van der Waals surface area contributed by atoms with Gasteiger partial charge in [-0.2, -0.15) is 5.10 Å². The lowest BCUT2D eigenvalue weighted by Gasteiger charge is -1.99. The number of aromatic nitrogens is 2. The molecule has 3 aromatic rings. The Bertz CT molecular complexity index is 773. The summed E-state index contributed by atoms with van der Waals surface area (Å²) in [6.45, 7) is 0. The van der Waals surface area contributed by atoms with Crippen LogP contribution in [0.2, 0.25) is 0 Å². The number of benzene rings is 1. The van der Waals surface area contributed by atoms with Crippen LogP contribution in [-0.4, -0.2) is 20.7 Å². The third kappa shape index (κ3) is 2.40. The lowest BCUT2D eigenvalue weighted by atomic mass is 10.1. The van der Waals surface area contributed by atoms with Crippen molar-refractivity contribution in [1.82, 2.24) is 14.8 Å². The normalized spacial score (nSPS) is 11.2. The van der Waals surface area contributed by atoms with E-state index in [2.05, 4.69) is 15.5 Å². The molecule has 5 nitrogen and oxygen atoms in total. The van der Waals surface area contributed by atoms with Crippen LogP contribution < -0.4 is 11.2 Å². The highest BCUT2D eigenvalue weighted by Gasteiger charge is 2.12. The topological polar surface area (TPSA) is 67.7 Å². The van der Waals surface area contributed by atoms with E-state index in [0.29, 0.717) is 0 Å². The molecule has 7 heteroatoms. The highest BCUT2D eigenvalue weighted by atomic mass is 32.1. The lowest BCUT2D eigenvalue weighted by Crippen LogP contribution is -2.24. The van der Waals surface area contributed by atoms with Gasteiger partial charge in [0.25, 0.3) is 0 Å². The SMILES string of the molecule is NC(=S)NN=Cc1c(-c2ccccc2)nc2sccn12. The Kier molecular flexibility index (Phi) is 3.44. The highest BCUT2D eigenvalue weighted by molar-refractivity contribution is 7.80. The van der Waals surface area contributed by atoms with E-state index in [-0.39, 0.29) is 5.11 Å². The molecule has 100 valence electrons. The first-order valence-corrected chi connectivity index (χ1v) is 7.14. The number of nitrogens with one attached hydrogen (secondary N) is 1. The predicted octanol–water partition coefficient (Wildman–Crippen LogP) is 2.23. The van der Waals surface area contributed by atoms with E-state index < -0.39 is 0 Å². The molecule has 0 aliphatic rings. The number of imidazole rings is 1. The van der Waals surface area contributed by atoms with Gasteiger partial charge in [-0.3, -0.25) is 9.83 Å². The summed E-state index contributed by atoms with van der Waals surface area (Å²) in [5.74, 6) is 0. The van der Waals surface area contributed by atoms with E-state index >= 15 is 0 Å². The second-order valence-electron chi connectivity index (χ2n) is 4.00. The van der Waals surface area contributed by atoms with Gasteiger partial charge in [-0.25, -0.2) is 4.98 Å². The molecule has 0 radical (unpaired) electrons. The van der Waals surface area contributed by atoms with Gasteiger partial charge in [0.2, 0.25) is 0 Å². The van der Waals surface area contributed by atoms with Crippen molar-refractivity contribution in [1.29, 1.82) is 0 Å². The molecular weight excluding hydrogens is 290 g/mol. The van der Waals surface area contributed by atoms with Crippen LogP contribution in [0.25, 0.3) is 16.2 Å². The van der Waals surface area contributed by atoms with Crippen LogP contribution in [0.4, 0.5) is 0 Å². The molecule has 2 aromatic heterocycles. The van der Waals surface area contributed by atoms with E-state index in [1.165, 1.54) is 0 Å². The zero-order chi connectivity index (χ0) is 13.9. The van der Waals surface area contributed by atoms with Gasteiger partial charge in [0.15, 0.2) is 10.1 Å². The molecule has 0 saturated carbocycles. The lowest BCUT2D eigenvalue weighted by molar-refractivity contribution is 1.04. The number of thiocarbonyl (C=S) groups is 1. The molecule has 0 unspecified atom stereocenters. The Labute approximate surface area is 124 Å². The maximum absolute atomic E-state index is 5.36. The van der Waals surface area contributed by atoms with Crippen LogP contribution in [0.5, 0.6) is 0 Å². The Morgan fingerprint density at radius 2 is 2.20 bits per heavy atom. The fraction of sp³-hybridized carbons (Fsp3) is 0. The molecule has 0 aliphatic heterocycles. The number of rotatable bonds is 3. The first kappa shape index (κ1) is 12.8. The molecule has 20 heavy (non-hydrogen) atoms. The molecule has 0 saturated heterocycles. The molecule has 0 spiro atoms. The summed E-state index contributed by atoms with van der Waals surface area (Å²) >= 11 is 6.30. The first-order valence-electron chi connectivity index (χ1n) is 5.85. The van der Waals surface area contributed by atoms with Crippen LogP contribution in [0, 0.1) is 0 Å². The quantitative estimate of drug-likeness (QED) is 0.442. The van der Waals surface area contributed by atoms with Gasteiger partial charge in [-0.05, 0) is 12.2 Å². The van der Waals surface area contributed by atoms with Gasteiger partial charge >= 0.3 is 0 Å². The van der Waals surface area contributed by atoms with Crippen LogP contribution >= 0.6 is 23.6 Å². The molecule has 3 N–H and O–H groups in total. The Balaban J connectivity index is 2.10. The average Bonchev–Trinajstić information content (AvgIpc) is 3.01. The van der Waals surface area contributed by atoms with Crippen LogP contribution in [-0.2, 0) is 0 Å². The van der Waals surface area contributed by atoms with Crippen molar-refractivity contribution in [3.8, 4) is 11.3 Å². The summed E-state index contributed by atoms with van der Waals surface area (Å²) in [7, 11) is 0. The van der Waals surface area contributed by atoms with Crippen molar-refractivity contribution in [3.63, 3.8) is 0 Å². The van der Waals surface area contributed by atoms with Crippen LogP contribution in [0.1, 0.15) is 5.69 Å². The maximum atomic E-state index is 5.36. The highest BCUT2D eigenvalue weighted by Crippen LogP contribution is 2.25. The van der Waals surface area contributed by atoms with Crippen molar-refractivity contribution in [2.24, 2.45) is 10.8 Å². The maximum Gasteiger partial charge on any atom is 0.194 e. The molecule has 0 bridgehead atoms. The Morgan fingerprint density at radius 1 is 1.40 bits per heavy atom. The van der Waals surface area contributed by atoms with Crippen LogP contribution in [0.15, 0.2) is 47.0 Å². The number of nitrogens with two attached hydrogens (primary N) is 1. The summed E-state index contributed by atoms with van der Waals surface area (Å²) in [5, 5.41) is 6.15. The number of hydrazone groups is 1. The standard InChI is InChI=1S/C13H11N5S2/c14-12(19)17-15-8-10-11(9-4-2-1-3-5-9)16-13-18(10)6-7-20-13/h1-8H,(H3,14,17,19). The fourth-order valence-electron chi connectivity index (χ4n) is 1.89. The molecule has 0 fully saturated rings. The minimum absolute atomic E-state index is 0.133. The van der Waals surface area contributed by atoms with E-state index in [1.54, 1.807) is 17.6 Å². The summed E-state index contributed by atoms with van der Waals surface area (Å²) in [6.07, 6.45) is 3.63. The largest absolute Gasteiger partial charge is 0.375 e. The predicted molar refractivity (Wildman–Crippen MR) is 86.0 cm³/mol. The number of hydrogen-bond donors (Lipinski definition) is 2. The molecule has 2 heterocycles. The molecule has 0 amide bonds. The molecule has 1 aromatic carbocycles. The fourth-order valence-corrected chi connectivity index (χ4v) is 2.67. The van der Waals surface area contributed by atoms with Crippen LogP contribution in [0.3, 0.4) is 0 Å². The smallest absolute Gasteiger partial charge is 0.194 e. The monoisotopic (exact) mass is 301 g/mol. The van der Waals surface area contributed by atoms with Crippen molar-refractivity contribution in [2.75, 3.05) is 0 Å². The van der Waals surface area contributed by atoms with E-state index in [9.17, 15) is 0 Å². The van der Waals surface area contributed by atoms with Crippen molar-refractivity contribution < 1.29 is 0 Å². The molecule has 0 aliphatic carbocycles. The number of thiazole rings is 1. The van der Waals surface area contributed by atoms with Gasteiger partial charge in [-0.1, -0.05) is 30.3 Å². The molecule has 0 atom stereocenters. The van der Waals surface area contributed by atoms with Gasteiger partial charge in [-0.15, -0.1) is 11.3 Å². The van der Waals surface area contributed by atoms with Gasteiger partial charge in [0.1, 0.15) is 0 Å². The van der Waals surface area contributed by atoms with Gasteiger partial charge in [0.05, 0.1) is 17.6 Å². The van der Waals surface area contributed by atoms with E-state index in [0.717, 1.165) is 21.9 Å². The summed E-state index contributed by atoms with van der Waals surface area (Å²) < 4.78 is 1.98. The Hall–Kier alpha value is -2.25. The number of fused-ring (bicyclic) bond motifs is 1. The Morgan fingerprint density at radius 3 is 2.95 bits per heavy atom. The molecular formula is C13H11N5S2. The third-order valence-corrected chi connectivity index (χ3v) is 3.56. The third-order valence-electron chi connectivity index (χ3n) is 2.71. The first-order chi connectivity index (χ1) is 9.75. The van der Waals surface area contributed by atoms with Crippen molar-refractivity contribution >= 4 is 39.8 Å². The second-order valence-corrected chi connectivity index (χ2v) is 5.31. The van der Waals surface area contributed by atoms with Gasteiger partial charge < -0.3 is 5.73 Å². The summed E-state index contributed by atoms with van der Waals surface area (Å²) in [6, 6.07) is 9.98. The van der Waals surface area contributed by atoms with Crippen molar-refractivity contribution in [3.05, 3.63) is 47.6 Å². The average molecular weight is 301 g/mol. The second kappa shape index (κ2) is 5.40. The number of hydrogen-bond acceptors (Lipinski definition) is 4. The van der Waals surface area contributed by atoms with E-state index in [1.807, 2.05) is 46.3 Å². The number of nitrogens with zero attached hydrogens (tertiary/aromatic N) is 3. The molecule has 3 rings (SSSR count). The minimum Gasteiger partial charge on any atom is -0.375 e. The summed E-state index contributed by atoms with van der Waals surface area (Å²) in [4.78, 5) is 5.56. The van der Waals surface area contributed by atoms with Crippen molar-refractivity contribution in [2.45, 2.75) is 0 Å².